The molecule has 0 saturated carbocycles. The minimum absolute atomic E-state index is 0.0926. The van der Waals surface area contributed by atoms with Gasteiger partial charge >= 0.3 is 11.9 Å². The summed E-state index contributed by atoms with van der Waals surface area (Å²) in [7, 11) is 0. The average Bonchev–Trinajstić information content (AvgIpc) is 2.15. The van der Waals surface area contributed by atoms with Gasteiger partial charge in [-0.2, -0.15) is 0 Å². The van der Waals surface area contributed by atoms with Gasteiger partial charge in [-0.25, -0.2) is 14.2 Å². The molecule has 0 amide bonds. The van der Waals surface area contributed by atoms with Crippen LogP contribution in [0.5, 0.6) is 0 Å². The van der Waals surface area contributed by atoms with Gasteiger partial charge in [0.2, 0.25) is 0 Å². The first-order chi connectivity index (χ1) is 6.93. The SMILES string of the molecule is N[C@H](C(=O)O)c1cnc(C(=O)O)c(F)c1. The molecule has 0 aliphatic rings. The maximum atomic E-state index is 13.0. The number of carboxylic acid groups (broad SMARTS) is 2. The molecule has 1 heterocycles. The van der Waals surface area contributed by atoms with Crippen LogP contribution in [0.3, 0.4) is 0 Å². The smallest absolute Gasteiger partial charge is 0.357 e. The monoisotopic (exact) mass is 214 g/mol. The third-order valence-electron chi connectivity index (χ3n) is 1.69. The molecule has 0 unspecified atom stereocenters. The normalized spacial score (nSPS) is 12.1. The summed E-state index contributed by atoms with van der Waals surface area (Å²) in [5.41, 5.74) is 4.32. The number of carboxylic acids is 2. The molecule has 1 rings (SSSR count). The number of aromatic carboxylic acids is 1. The molecule has 0 aliphatic carbocycles. The molecule has 15 heavy (non-hydrogen) atoms. The lowest BCUT2D eigenvalue weighted by molar-refractivity contribution is -0.138. The minimum atomic E-state index is -1.53. The Morgan fingerprint density at radius 2 is 2.07 bits per heavy atom. The number of hydrogen-bond acceptors (Lipinski definition) is 4. The lowest BCUT2D eigenvalue weighted by Gasteiger charge is -2.06. The number of carbonyl (C=O) groups is 2. The van der Waals surface area contributed by atoms with E-state index in [9.17, 15) is 14.0 Å². The summed E-state index contributed by atoms with van der Waals surface area (Å²) in [6.45, 7) is 0. The topological polar surface area (TPSA) is 114 Å². The number of nitrogens with zero attached hydrogens (tertiary/aromatic N) is 1. The first-order valence-corrected chi connectivity index (χ1v) is 3.80. The predicted octanol–water partition coefficient (Wildman–Crippen LogP) is 0.00330. The Kier molecular flexibility index (Phi) is 2.96. The van der Waals surface area contributed by atoms with E-state index in [2.05, 4.69) is 4.98 Å². The second kappa shape index (κ2) is 4.01. The maximum Gasteiger partial charge on any atom is 0.357 e. The fraction of sp³-hybridized carbons (Fsp3) is 0.125. The van der Waals surface area contributed by atoms with Crippen LogP contribution in [0.4, 0.5) is 4.39 Å². The minimum Gasteiger partial charge on any atom is -0.480 e. The highest BCUT2D eigenvalue weighted by molar-refractivity contribution is 5.85. The van der Waals surface area contributed by atoms with Crippen LogP contribution < -0.4 is 5.73 Å². The Balaban J connectivity index is 3.12. The summed E-state index contributed by atoms with van der Waals surface area (Å²) < 4.78 is 13.0. The zero-order chi connectivity index (χ0) is 11.6. The Labute approximate surface area is 83.2 Å². The van der Waals surface area contributed by atoms with Crippen LogP contribution in [0.25, 0.3) is 0 Å². The quantitative estimate of drug-likeness (QED) is 0.652. The van der Waals surface area contributed by atoms with E-state index in [1.54, 1.807) is 0 Å². The molecule has 80 valence electrons. The molecule has 0 bridgehead atoms. The standard InChI is InChI=1S/C8H7FN2O4/c9-4-1-3(5(10)7(12)13)2-11-6(4)8(14)15/h1-2,5H,10H2,(H,12,13)(H,14,15)/t5-/m0/s1. The van der Waals surface area contributed by atoms with Gasteiger partial charge in [-0.1, -0.05) is 0 Å². The van der Waals surface area contributed by atoms with Crippen molar-refractivity contribution in [2.24, 2.45) is 5.73 Å². The summed E-state index contributed by atoms with van der Waals surface area (Å²) in [5, 5.41) is 17.0. The summed E-state index contributed by atoms with van der Waals surface area (Å²) in [4.78, 5) is 24.1. The van der Waals surface area contributed by atoms with Crippen LogP contribution in [0, 0.1) is 5.82 Å². The maximum absolute atomic E-state index is 13.0. The van der Waals surface area contributed by atoms with Gasteiger partial charge in [-0.15, -0.1) is 0 Å². The molecule has 0 aromatic carbocycles. The van der Waals surface area contributed by atoms with E-state index < -0.39 is 29.5 Å². The Morgan fingerprint density at radius 3 is 2.47 bits per heavy atom. The molecule has 6 nitrogen and oxygen atoms in total. The molecule has 0 spiro atoms. The largest absolute Gasteiger partial charge is 0.480 e. The van der Waals surface area contributed by atoms with Crippen molar-refractivity contribution in [1.29, 1.82) is 0 Å². The molecule has 0 fully saturated rings. The van der Waals surface area contributed by atoms with Crippen molar-refractivity contribution in [3.05, 3.63) is 29.3 Å². The summed E-state index contributed by atoms with van der Waals surface area (Å²) >= 11 is 0. The number of pyridine rings is 1. The molecule has 4 N–H and O–H groups in total. The Hall–Kier alpha value is -2.02. The number of hydrogen-bond donors (Lipinski definition) is 3. The molecular weight excluding hydrogens is 207 g/mol. The second-order valence-electron chi connectivity index (χ2n) is 2.72. The molecular formula is C8H7FN2O4. The molecule has 1 aromatic heterocycles. The van der Waals surface area contributed by atoms with E-state index in [0.717, 1.165) is 12.3 Å². The predicted molar refractivity (Wildman–Crippen MR) is 45.7 cm³/mol. The van der Waals surface area contributed by atoms with E-state index in [1.165, 1.54) is 0 Å². The lowest BCUT2D eigenvalue weighted by atomic mass is 10.1. The van der Waals surface area contributed by atoms with E-state index in [0.29, 0.717) is 0 Å². The zero-order valence-electron chi connectivity index (χ0n) is 7.35. The van der Waals surface area contributed by atoms with Crippen molar-refractivity contribution in [2.75, 3.05) is 0 Å². The molecule has 0 radical (unpaired) electrons. The van der Waals surface area contributed by atoms with Crippen LogP contribution in [0.15, 0.2) is 12.3 Å². The summed E-state index contributed by atoms with van der Waals surface area (Å²) in [5.74, 6) is -3.99. The van der Waals surface area contributed by atoms with E-state index in [1.807, 2.05) is 0 Å². The zero-order valence-corrected chi connectivity index (χ0v) is 7.35. The van der Waals surface area contributed by atoms with E-state index in [-0.39, 0.29) is 5.56 Å². The highest BCUT2D eigenvalue weighted by Crippen LogP contribution is 2.13. The summed E-state index contributed by atoms with van der Waals surface area (Å²) in [6, 6.07) is -0.676. The van der Waals surface area contributed by atoms with E-state index >= 15 is 0 Å². The average molecular weight is 214 g/mol. The summed E-state index contributed by atoms with van der Waals surface area (Å²) in [6.07, 6.45) is 0.922. The lowest BCUT2D eigenvalue weighted by Crippen LogP contribution is -2.21. The van der Waals surface area contributed by atoms with Crippen LogP contribution in [0.1, 0.15) is 22.1 Å². The molecule has 1 aromatic rings. The number of aliphatic carboxylic acids is 1. The van der Waals surface area contributed by atoms with Gasteiger partial charge in [-0.05, 0) is 6.07 Å². The van der Waals surface area contributed by atoms with Gasteiger partial charge in [0.15, 0.2) is 11.5 Å². The first-order valence-electron chi connectivity index (χ1n) is 3.80. The number of rotatable bonds is 3. The first kappa shape index (κ1) is 11.1. The van der Waals surface area contributed by atoms with Crippen molar-refractivity contribution < 1.29 is 24.2 Å². The third-order valence-corrected chi connectivity index (χ3v) is 1.69. The number of aromatic nitrogens is 1. The van der Waals surface area contributed by atoms with Gasteiger partial charge in [-0.3, -0.25) is 4.79 Å². The highest BCUT2D eigenvalue weighted by atomic mass is 19.1. The number of halogens is 1. The Bertz CT molecular complexity index is 421. The fourth-order valence-electron chi connectivity index (χ4n) is 0.923. The van der Waals surface area contributed by atoms with Crippen molar-refractivity contribution in [2.45, 2.75) is 6.04 Å². The van der Waals surface area contributed by atoms with Crippen molar-refractivity contribution in [3.8, 4) is 0 Å². The highest BCUT2D eigenvalue weighted by Gasteiger charge is 2.19. The van der Waals surface area contributed by atoms with Crippen LogP contribution in [-0.4, -0.2) is 27.1 Å². The van der Waals surface area contributed by atoms with Crippen LogP contribution >= 0.6 is 0 Å². The molecule has 0 aliphatic heterocycles. The second-order valence-corrected chi connectivity index (χ2v) is 2.72. The van der Waals surface area contributed by atoms with Gasteiger partial charge in [0.05, 0.1) is 0 Å². The number of nitrogens with two attached hydrogens (primary N) is 1. The van der Waals surface area contributed by atoms with Crippen LogP contribution in [-0.2, 0) is 4.79 Å². The van der Waals surface area contributed by atoms with Crippen molar-refractivity contribution in [1.82, 2.24) is 4.98 Å². The van der Waals surface area contributed by atoms with Gasteiger partial charge < -0.3 is 15.9 Å². The van der Waals surface area contributed by atoms with Crippen molar-refractivity contribution >= 4 is 11.9 Å². The van der Waals surface area contributed by atoms with Gasteiger partial charge in [0.1, 0.15) is 6.04 Å². The van der Waals surface area contributed by atoms with Crippen molar-refractivity contribution in [3.63, 3.8) is 0 Å². The molecule has 0 saturated heterocycles. The molecule has 1 atom stereocenters. The van der Waals surface area contributed by atoms with Crippen LogP contribution in [0.2, 0.25) is 0 Å². The Morgan fingerprint density at radius 1 is 1.47 bits per heavy atom. The van der Waals surface area contributed by atoms with Gasteiger partial charge in [0, 0.05) is 11.8 Å². The van der Waals surface area contributed by atoms with Gasteiger partial charge in [0.25, 0.3) is 0 Å². The third kappa shape index (κ3) is 2.26. The van der Waals surface area contributed by atoms with E-state index in [4.69, 9.17) is 15.9 Å². The fourth-order valence-corrected chi connectivity index (χ4v) is 0.923. The molecule has 7 heteroatoms.